The molecule has 138 valence electrons. The molecule has 0 aliphatic carbocycles. The number of carbonyl (C=O) groups is 1. The van der Waals surface area contributed by atoms with Crippen LogP contribution in [0.25, 0.3) is 0 Å². The molecule has 2 aliphatic rings. The highest BCUT2D eigenvalue weighted by molar-refractivity contribution is 7.87. The minimum Gasteiger partial charge on any atom is -0.368 e. The molecule has 0 bridgehead atoms. The van der Waals surface area contributed by atoms with Gasteiger partial charge in [-0.2, -0.15) is 17.4 Å². The Morgan fingerprint density at radius 3 is 2.64 bits per heavy atom. The zero-order valence-corrected chi connectivity index (χ0v) is 15.1. The molecule has 0 aromatic heterocycles. The summed E-state index contributed by atoms with van der Waals surface area (Å²) >= 11 is 0. The third-order valence-corrected chi connectivity index (χ3v) is 6.17. The van der Waals surface area contributed by atoms with Crippen molar-refractivity contribution in [3.63, 3.8) is 0 Å². The van der Waals surface area contributed by atoms with Crippen molar-refractivity contribution in [3.05, 3.63) is 35.9 Å². The SMILES string of the molecule is O=C([C@H]1CCCO1)N1CCCN(S(=O)(=O)NCc2ccccc2)CC1. The highest BCUT2D eigenvalue weighted by Gasteiger charge is 2.31. The zero-order chi connectivity index (χ0) is 17.7. The van der Waals surface area contributed by atoms with E-state index < -0.39 is 10.2 Å². The minimum atomic E-state index is -3.56. The van der Waals surface area contributed by atoms with Gasteiger partial charge in [0.1, 0.15) is 6.10 Å². The molecule has 1 amide bonds. The Balaban J connectivity index is 1.55. The number of ether oxygens (including phenoxy) is 1. The van der Waals surface area contributed by atoms with Gasteiger partial charge in [0.25, 0.3) is 16.1 Å². The maximum absolute atomic E-state index is 12.5. The van der Waals surface area contributed by atoms with E-state index in [1.807, 2.05) is 30.3 Å². The number of amides is 1. The van der Waals surface area contributed by atoms with Crippen molar-refractivity contribution in [1.82, 2.24) is 13.9 Å². The van der Waals surface area contributed by atoms with Crippen LogP contribution in [0.15, 0.2) is 30.3 Å². The van der Waals surface area contributed by atoms with Crippen LogP contribution < -0.4 is 4.72 Å². The number of nitrogens with one attached hydrogen (secondary N) is 1. The molecule has 2 aliphatic heterocycles. The van der Waals surface area contributed by atoms with Gasteiger partial charge in [0, 0.05) is 39.3 Å². The number of nitrogens with zero attached hydrogens (tertiary/aromatic N) is 2. The molecule has 0 radical (unpaired) electrons. The molecular formula is C17H25N3O4S. The molecule has 2 heterocycles. The summed E-state index contributed by atoms with van der Waals surface area (Å²) in [6, 6.07) is 9.42. The van der Waals surface area contributed by atoms with Crippen LogP contribution in [-0.2, 0) is 26.3 Å². The first-order valence-corrected chi connectivity index (χ1v) is 10.2. The Morgan fingerprint density at radius 2 is 1.92 bits per heavy atom. The van der Waals surface area contributed by atoms with Gasteiger partial charge in [0.15, 0.2) is 0 Å². The first-order valence-electron chi connectivity index (χ1n) is 8.75. The van der Waals surface area contributed by atoms with E-state index in [1.54, 1.807) is 4.90 Å². The standard InChI is InChI=1S/C17H25N3O4S/c21-17(16-8-4-13-24-16)19-9-5-10-20(12-11-19)25(22,23)18-14-15-6-2-1-3-7-15/h1-3,6-7,16,18H,4-5,8-14H2/t16-/m1/s1. The van der Waals surface area contributed by atoms with Crippen molar-refractivity contribution in [2.75, 3.05) is 32.8 Å². The normalized spacial score (nSPS) is 22.7. The van der Waals surface area contributed by atoms with Crippen molar-refractivity contribution >= 4 is 16.1 Å². The lowest BCUT2D eigenvalue weighted by Gasteiger charge is -2.24. The molecule has 1 N–H and O–H groups in total. The fourth-order valence-electron chi connectivity index (χ4n) is 3.19. The number of hydrogen-bond acceptors (Lipinski definition) is 4. The average molecular weight is 367 g/mol. The van der Waals surface area contributed by atoms with Gasteiger partial charge in [0.2, 0.25) is 0 Å². The number of hydrogen-bond donors (Lipinski definition) is 1. The molecule has 7 nitrogen and oxygen atoms in total. The van der Waals surface area contributed by atoms with Crippen molar-refractivity contribution in [1.29, 1.82) is 0 Å². The average Bonchev–Trinajstić information content (AvgIpc) is 3.04. The Bertz CT molecular complexity index is 674. The van der Waals surface area contributed by atoms with E-state index in [9.17, 15) is 13.2 Å². The van der Waals surface area contributed by atoms with Gasteiger partial charge in [-0.15, -0.1) is 0 Å². The van der Waals surface area contributed by atoms with Crippen molar-refractivity contribution < 1.29 is 17.9 Å². The fourth-order valence-corrected chi connectivity index (χ4v) is 4.42. The van der Waals surface area contributed by atoms with Gasteiger partial charge in [-0.3, -0.25) is 4.79 Å². The van der Waals surface area contributed by atoms with E-state index in [0.29, 0.717) is 39.2 Å². The molecular weight excluding hydrogens is 342 g/mol. The largest absolute Gasteiger partial charge is 0.368 e. The molecule has 0 saturated carbocycles. The lowest BCUT2D eigenvalue weighted by Crippen LogP contribution is -2.44. The first kappa shape index (κ1) is 18.3. The van der Waals surface area contributed by atoms with E-state index in [4.69, 9.17) is 4.74 Å². The van der Waals surface area contributed by atoms with E-state index >= 15 is 0 Å². The lowest BCUT2D eigenvalue weighted by atomic mass is 10.2. The second-order valence-corrected chi connectivity index (χ2v) is 8.15. The van der Waals surface area contributed by atoms with Crippen LogP contribution in [0.1, 0.15) is 24.8 Å². The Hall–Kier alpha value is -1.48. The van der Waals surface area contributed by atoms with Crippen molar-refractivity contribution in [3.8, 4) is 0 Å². The van der Waals surface area contributed by atoms with Crippen LogP contribution in [0, 0.1) is 0 Å². The van der Waals surface area contributed by atoms with E-state index in [1.165, 1.54) is 4.31 Å². The molecule has 1 atom stereocenters. The smallest absolute Gasteiger partial charge is 0.279 e. The first-order chi connectivity index (χ1) is 12.1. The maximum Gasteiger partial charge on any atom is 0.279 e. The Kier molecular flexibility index (Phi) is 6.06. The Labute approximate surface area is 149 Å². The number of benzene rings is 1. The zero-order valence-electron chi connectivity index (χ0n) is 14.3. The summed E-state index contributed by atoms with van der Waals surface area (Å²) in [7, 11) is -3.56. The van der Waals surface area contributed by atoms with Crippen LogP contribution in [0.3, 0.4) is 0 Å². The summed E-state index contributed by atoms with van der Waals surface area (Å²) in [5, 5.41) is 0. The van der Waals surface area contributed by atoms with Crippen LogP contribution in [0.5, 0.6) is 0 Å². The number of carbonyl (C=O) groups excluding carboxylic acids is 1. The molecule has 25 heavy (non-hydrogen) atoms. The third kappa shape index (κ3) is 4.78. The highest BCUT2D eigenvalue weighted by atomic mass is 32.2. The fraction of sp³-hybridized carbons (Fsp3) is 0.588. The second kappa shape index (κ2) is 8.27. The predicted octanol–water partition coefficient (Wildman–Crippen LogP) is 0.734. The minimum absolute atomic E-state index is 0.00556. The third-order valence-electron chi connectivity index (χ3n) is 4.61. The summed E-state index contributed by atoms with van der Waals surface area (Å²) in [6.07, 6.45) is 1.95. The van der Waals surface area contributed by atoms with Crippen molar-refractivity contribution in [2.24, 2.45) is 0 Å². The molecule has 2 fully saturated rings. The quantitative estimate of drug-likeness (QED) is 0.832. The van der Waals surface area contributed by atoms with E-state index in [0.717, 1.165) is 18.4 Å². The summed E-state index contributed by atoms with van der Waals surface area (Å²) in [4.78, 5) is 14.2. The highest BCUT2D eigenvalue weighted by Crippen LogP contribution is 2.16. The van der Waals surface area contributed by atoms with Gasteiger partial charge in [-0.1, -0.05) is 30.3 Å². The Morgan fingerprint density at radius 1 is 1.12 bits per heavy atom. The van der Waals surface area contributed by atoms with Crippen LogP contribution in [0.4, 0.5) is 0 Å². The van der Waals surface area contributed by atoms with Gasteiger partial charge in [-0.05, 0) is 24.8 Å². The summed E-state index contributed by atoms with van der Waals surface area (Å²) in [5.74, 6) is -0.00556. The molecule has 1 aromatic carbocycles. The van der Waals surface area contributed by atoms with Gasteiger partial charge < -0.3 is 9.64 Å². The molecule has 8 heteroatoms. The van der Waals surface area contributed by atoms with Crippen LogP contribution >= 0.6 is 0 Å². The maximum atomic E-state index is 12.5. The van der Waals surface area contributed by atoms with Crippen LogP contribution in [0.2, 0.25) is 0 Å². The molecule has 2 saturated heterocycles. The van der Waals surface area contributed by atoms with Gasteiger partial charge in [0.05, 0.1) is 0 Å². The monoisotopic (exact) mass is 367 g/mol. The van der Waals surface area contributed by atoms with Gasteiger partial charge >= 0.3 is 0 Å². The molecule has 3 rings (SSSR count). The topological polar surface area (TPSA) is 79.0 Å². The summed E-state index contributed by atoms with van der Waals surface area (Å²) in [5.41, 5.74) is 0.913. The second-order valence-electron chi connectivity index (χ2n) is 6.39. The lowest BCUT2D eigenvalue weighted by molar-refractivity contribution is -0.140. The summed E-state index contributed by atoms with van der Waals surface area (Å²) in [6.45, 7) is 2.60. The van der Waals surface area contributed by atoms with Gasteiger partial charge in [-0.25, -0.2) is 0 Å². The summed E-state index contributed by atoms with van der Waals surface area (Å²) < 4.78 is 34.6. The van der Waals surface area contributed by atoms with E-state index in [-0.39, 0.29) is 18.6 Å². The van der Waals surface area contributed by atoms with Crippen LogP contribution in [-0.4, -0.2) is 62.4 Å². The predicted molar refractivity (Wildman–Crippen MR) is 93.9 cm³/mol. The van der Waals surface area contributed by atoms with E-state index in [2.05, 4.69) is 4.72 Å². The van der Waals surface area contributed by atoms with Crippen molar-refractivity contribution in [2.45, 2.75) is 31.9 Å². The molecule has 0 unspecified atom stereocenters. The molecule has 0 spiro atoms. The molecule has 1 aromatic rings. The number of rotatable bonds is 5.